The Morgan fingerprint density at radius 1 is 0.639 bits per heavy atom. The molecular formula is C22H40N4O10. The van der Waals surface area contributed by atoms with Crippen LogP contribution in [0.4, 0.5) is 0 Å². The number of carboxylic acid groups (broad SMARTS) is 3. The summed E-state index contributed by atoms with van der Waals surface area (Å²) in [6.07, 6.45) is 0.916. The fourth-order valence-corrected chi connectivity index (χ4v) is 3.14. The summed E-state index contributed by atoms with van der Waals surface area (Å²) in [6.45, 7) is 4.50. The van der Waals surface area contributed by atoms with Crippen molar-refractivity contribution in [2.75, 3.05) is 91.9 Å². The Balaban J connectivity index is 4.91. The van der Waals surface area contributed by atoms with Crippen LogP contribution in [-0.4, -0.2) is 151 Å². The zero-order valence-electron chi connectivity index (χ0n) is 21.1. The molecule has 0 heterocycles. The van der Waals surface area contributed by atoms with E-state index in [1.165, 1.54) is 16.7 Å². The van der Waals surface area contributed by atoms with Crippen molar-refractivity contribution in [1.29, 1.82) is 0 Å². The molecule has 0 bridgehead atoms. The lowest BCUT2D eigenvalue weighted by Gasteiger charge is -2.28. The Hall–Kier alpha value is -2.65. The zero-order valence-corrected chi connectivity index (χ0v) is 21.1. The number of carbonyl (C=O) groups is 5. The molecule has 0 aromatic heterocycles. The number of Topliss-reactive ketones (excluding diaryl/α,β-unsaturated/α-hetero) is 1. The van der Waals surface area contributed by atoms with Crippen LogP contribution in [0.3, 0.4) is 0 Å². The molecule has 0 aliphatic heterocycles. The number of hydrogen-bond donors (Lipinski definition) is 4. The van der Waals surface area contributed by atoms with Gasteiger partial charge in [0.2, 0.25) is 5.91 Å². The van der Waals surface area contributed by atoms with Crippen LogP contribution in [0.2, 0.25) is 0 Å². The summed E-state index contributed by atoms with van der Waals surface area (Å²) in [5.74, 6) is -4.02. The van der Waals surface area contributed by atoms with Crippen LogP contribution in [0.5, 0.6) is 0 Å². The summed E-state index contributed by atoms with van der Waals surface area (Å²) >= 11 is 0. The van der Waals surface area contributed by atoms with E-state index in [0.29, 0.717) is 19.8 Å². The van der Waals surface area contributed by atoms with Crippen LogP contribution in [0.25, 0.3) is 0 Å². The summed E-state index contributed by atoms with van der Waals surface area (Å²) in [5, 5.41) is 29.8. The van der Waals surface area contributed by atoms with Gasteiger partial charge in [0.25, 0.3) is 0 Å². The summed E-state index contributed by atoms with van der Waals surface area (Å²) in [6, 6.07) is 0. The fourth-order valence-electron chi connectivity index (χ4n) is 3.14. The lowest BCUT2D eigenvalue weighted by molar-refractivity contribution is -0.142. The van der Waals surface area contributed by atoms with E-state index in [4.69, 9.17) is 24.8 Å². The third kappa shape index (κ3) is 20.7. The number of ketones is 1. The van der Waals surface area contributed by atoms with E-state index in [2.05, 4.69) is 5.32 Å². The molecule has 1 amide bonds. The van der Waals surface area contributed by atoms with Crippen LogP contribution in [0.1, 0.15) is 20.3 Å². The molecule has 208 valence electrons. The number of aliphatic carboxylic acids is 3. The molecule has 14 heteroatoms. The molecule has 0 rings (SSSR count). The second-order valence-corrected chi connectivity index (χ2v) is 8.16. The molecule has 14 nitrogen and oxygen atoms in total. The van der Waals surface area contributed by atoms with E-state index in [1.807, 2.05) is 6.92 Å². The molecule has 0 aliphatic carbocycles. The van der Waals surface area contributed by atoms with Gasteiger partial charge in [0, 0.05) is 39.3 Å². The van der Waals surface area contributed by atoms with E-state index in [9.17, 15) is 24.0 Å². The summed E-state index contributed by atoms with van der Waals surface area (Å²) in [4.78, 5) is 61.4. The number of hydrogen-bond acceptors (Lipinski definition) is 10. The molecule has 0 aromatic rings. The first-order valence-corrected chi connectivity index (χ1v) is 11.8. The van der Waals surface area contributed by atoms with Gasteiger partial charge in [0.1, 0.15) is 5.78 Å². The lowest BCUT2D eigenvalue weighted by atomic mass is 10.3. The fraction of sp³-hybridized carbons (Fsp3) is 0.773. The van der Waals surface area contributed by atoms with Gasteiger partial charge in [-0.15, -0.1) is 0 Å². The number of amides is 1. The highest BCUT2D eigenvalue weighted by atomic mass is 16.5. The average Bonchev–Trinajstić information content (AvgIpc) is 2.75. The molecule has 36 heavy (non-hydrogen) atoms. The second-order valence-electron chi connectivity index (χ2n) is 8.16. The second kappa shape index (κ2) is 20.5. The van der Waals surface area contributed by atoms with Gasteiger partial charge in [-0.2, -0.15) is 0 Å². The minimum atomic E-state index is -1.19. The maximum absolute atomic E-state index is 12.4. The molecule has 0 aliphatic rings. The minimum absolute atomic E-state index is 0.0540. The maximum atomic E-state index is 12.4. The highest BCUT2D eigenvalue weighted by Gasteiger charge is 2.19. The van der Waals surface area contributed by atoms with E-state index in [1.54, 1.807) is 4.90 Å². The Kier molecular flexibility index (Phi) is 19.0. The normalized spacial score (nSPS) is 11.2. The van der Waals surface area contributed by atoms with Crippen molar-refractivity contribution in [3.8, 4) is 0 Å². The number of nitrogens with zero attached hydrogens (tertiary/aromatic N) is 3. The van der Waals surface area contributed by atoms with Crippen molar-refractivity contribution in [2.45, 2.75) is 20.3 Å². The molecule has 0 radical (unpaired) electrons. The number of rotatable bonds is 24. The standard InChI is InChI=1S/C22H40N4O10/c1-3-9-35-11-12-36-10-4-23-19(28)14-24(5-7-25(13-18(2)27)15-20(29)30)6-8-26(16-21(31)32)17-22(33)34/h3-17H2,1-2H3,(H,23,28)(H,29,30)(H,31,32)(H,33,34). The number of carbonyl (C=O) groups excluding carboxylic acids is 2. The number of nitrogens with one attached hydrogen (secondary N) is 1. The van der Waals surface area contributed by atoms with Gasteiger partial charge in [-0.3, -0.25) is 38.7 Å². The van der Waals surface area contributed by atoms with E-state index in [-0.39, 0.29) is 70.7 Å². The van der Waals surface area contributed by atoms with Crippen LogP contribution in [-0.2, 0) is 33.4 Å². The van der Waals surface area contributed by atoms with E-state index < -0.39 is 31.0 Å². The molecule has 0 saturated carbocycles. The van der Waals surface area contributed by atoms with Crippen molar-refractivity contribution in [3.63, 3.8) is 0 Å². The molecule has 0 saturated heterocycles. The Morgan fingerprint density at radius 2 is 1.08 bits per heavy atom. The Bertz CT molecular complexity index is 620. The van der Waals surface area contributed by atoms with Gasteiger partial charge in [-0.25, -0.2) is 0 Å². The van der Waals surface area contributed by atoms with Gasteiger partial charge in [0.15, 0.2) is 0 Å². The minimum Gasteiger partial charge on any atom is -0.480 e. The monoisotopic (exact) mass is 520 g/mol. The molecule has 0 unspecified atom stereocenters. The van der Waals surface area contributed by atoms with Gasteiger partial charge in [-0.05, 0) is 13.3 Å². The largest absolute Gasteiger partial charge is 0.480 e. The van der Waals surface area contributed by atoms with Crippen LogP contribution < -0.4 is 5.32 Å². The summed E-state index contributed by atoms with van der Waals surface area (Å²) in [7, 11) is 0. The number of ether oxygens (including phenoxy) is 2. The summed E-state index contributed by atoms with van der Waals surface area (Å²) < 4.78 is 10.7. The Labute approximate surface area is 211 Å². The smallest absolute Gasteiger partial charge is 0.317 e. The first-order chi connectivity index (χ1) is 17.0. The van der Waals surface area contributed by atoms with Gasteiger partial charge in [-0.1, -0.05) is 6.92 Å². The molecule has 0 atom stereocenters. The Morgan fingerprint density at radius 3 is 1.53 bits per heavy atom. The van der Waals surface area contributed by atoms with Crippen molar-refractivity contribution < 1.29 is 48.8 Å². The average molecular weight is 521 g/mol. The van der Waals surface area contributed by atoms with Crippen molar-refractivity contribution in [3.05, 3.63) is 0 Å². The van der Waals surface area contributed by atoms with Crippen molar-refractivity contribution in [1.82, 2.24) is 20.0 Å². The van der Waals surface area contributed by atoms with Crippen LogP contribution in [0, 0.1) is 0 Å². The molecule has 0 spiro atoms. The lowest BCUT2D eigenvalue weighted by Crippen LogP contribution is -2.47. The van der Waals surface area contributed by atoms with Crippen molar-refractivity contribution in [2.24, 2.45) is 0 Å². The third-order valence-corrected chi connectivity index (χ3v) is 4.64. The van der Waals surface area contributed by atoms with Gasteiger partial charge < -0.3 is 30.1 Å². The third-order valence-electron chi connectivity index (χ3n) is 4.64. The molecule has 4 N–H and O–H groups in total. The van der Waals surface area contributed by atoms with Gasteiger partial charge >= 0.3 is 17.9 Å². The highest BCUT2D eigenvalue weighted by molar-refractivity contribution is 5.79. The first-order valence-electron chi connectivity index (χ1n) is 11.8. The molecule has 0 fully saturated rings. The SMILES string of the molecule is CCCOCCOCCNC(=O)CN(CCN(CC(C)=O)CC(=O)O)CCN(CC(=O)O)CC(=O)O. The van der Waals surface area contributed by atoms with E-state index in [0.717, 1.165) is 6.42 Å². The summed E-state index contributed by atoms with van der Waals surface area (Å²) in [5.41, 5.74) is 0. The van der Waals surface area contributed by atoms with Crippen LogP contribution >= 0.6 is 0 Å². The predicted molar refractivity (Wildman–Crippen MR) is 128 cm³/mol. The van der Waals surface area contributed by atoms with Gasteiger partial charge in [0.05, 0.1) is 52.5 Å². The molecular weight excluding hydrogens is 480 g/mol. The molecule has 0 aromatic carbocycles. The number of carboxylic acids is 3. The quantitative estimate of drug-likeness (QED) is 0.106. The van der Waals surface area contributed by atoms with E-state index >= 15 is 0 Å². The highest BCUT2D eigenvalue weighted by Crippen LogP contribution is 1.97. The topological polar surface area (TPSA) is 186 Å². The maximum Gasteiger partial charge on any atom is 0.317 e. The van der Waals surface area contributed by atoms with Crippen LogP contribution in [0.15, 0.2) is 0 Å². The predicted octanol–water partition coefficient (Wildman–Crippen LogP) is -1.71. The first kappa shape index (κ1) is 33.4. The zero-order chi connectivity index (χ0) is 27.3. The van der Waals surface area contributed by atoms with Crippen molar-refractivity contribution >= 4 is 29.6 Å².